The second kappa shape index (κ2) is 16.6. The van der Waals surface area contributed by atoms with Gasteiger partial charge in [-0.15, -0.1) is 0 Å². The third kappa shape index (κ3) is 14.9. The van der Waals surface area contributed by atoms with E-state index in [2.05, 4.69) is 45.7 Å². The number of rotatable bonds is 5. The smallest absolute Gasteiger partial charge is 0.185 e. The summed E-state index contributed by atoms with van der Waals surface area (Å²) in [5.41, 5.74) is 12.5. The van der Waals surface area contributed by atoms with Gasteiger partial charge in [0.15, 0.2) is 5.96 Å². The molecule has 0 bridgehead atoms. The zero-order chi connectivity index (χ0) is 16.6. The molecular formula is C15H29FeN7. The van der Waals surface area contributed by atoms with Crippen LogP contribution in [0, 0.1) is 0 Å². The molecule has 2 aromatic rings. The number of nitrogens with zero attached hydrogens (tertiary/aromatic N) is 3. The fraction of sp³-hybridized carbons (Fsp3) is 0.533. The van der Waals surface area contributed by atoms with Crippen LogP contribution in [-0.2, 0) is 29.9 Å². The molecule has 8 heteroatoms. The number of aryl methyl sites for hydroxylation is 2. The van der Waals surface area contributed by atoms with Crippen molar-refractivity contribution in [1.29, 1.82) is 0 Å². The van der Waals surface area contributed by atoms with Gasteiger partial charge in [0.05, 0.1) is 12.7 Å². The normalized spacial score (nSPS) is 8.65. The Morgan fingerprint density at radius 3 is 1.70 bits per heavy atom. The molecular weight excluding hydrogens is 334 g/mol. The van der Waals surface area contributed by atoms with Gasteiger partial charge < -0.3 is 21.4 Å². The molecule has 6 N–H and O–H groups in total. The number of unbranched alkanes of at least 4 members (excludes halogenated alkanes) is 1. The summed E-state index contributed by atoms with van der Waals surface area (Å²) in [6, 6.07) is 0. The number of hydrogen-bond acceptors (Lipinski definition) is 3. The summed E-state index contributed by atoms with van der Waals surface area (Å²) in [5, 5.41) is 0. The summed E-state index contributed by atoms with van der Waals surface area (Å²) < 4.78 is 0. The second-order valence-corrected chi connectivity index (χ2v) is 4.52. The van der Waals surface area contributed by atoms with Gasteiger partial charge in [-0.05, 0) is 19.3 Å². The van der Waals surface area contributed by atoms with Crippen LogP contribution in [-0.4, -0.2) is 32.4 Å². The number of aromatic amines is 2. The van der Waals surface area contributed by atoms with Crippen molar-refractivity contribution in [3.05, 3.63) is 36.4 Å². The van der Waals surface area contributed by atoms with Crippen LogP contribution in [0.4, 0.5) is 0 Å². The molecule has 2 rings (SSSR count). The third-order valence-corrected chi connectivity index (χ3v) is 2.68. The number of aromatic nitrogens is 4. The van der Waals surface area contributed by atoms with Crippen LogP contribution in [0.3, 0.4) is 0 Å². The van der Waals surface area contributed by atoms with Gasteiger partial charge in [-0.1, -0.05) is 27.2 Å². The summed E-state index contributed by atoms with van der Waals surface area (Å²) in [6.45, 7) is 7.04. The quantitative estimate of drug-likeness (QED) is 0.281. The third-order valence-electron chi connectivity index (χ3n) is 2.68. The molecule has 132 valence electrons. The van der Waals surface area contributed by atoms with Crippen molar-refractivity contribution in [2.45, 2.75) is 46.5 Å². The summed E-state index contributed by atoms with van der Waals surface area (Å²) in [7, 11) is 0. The van der Waals surface area contributed by atoms with Crippen molar-refractivity contribution >= 4 is 5.96 Å². The second-order valence-electron chi connectivity index (χ2n) is 4.52. The first-order valence-electron chi connectivity index (χ1n) is 7.63. The Bertz CT molecular complexity index is 428. The van der Waals surface area contributed by atoms with Crippen molar-refractivity contribution in [3.8, 4) is 0 Å². The fourth-order valence-electron chi connectivity index (χ4n) is 1.32. The molecule has 23 heavy (non-hydrogen) atoms. The van der Waals surface area contributed by atoms with E-state index in [1.807, 2.05) is 12.4 Å². The van der Waals surface area contributed by atoms with E-state index in [4.69, 9.17) is 11.5 Å². The van der Waals surface area contributed by atoms with Crippen molar-refractivity contribution in [2.75, 3.05) is 6.54 Å². The molecule has 0 aliphatic heterocycles. The Balaban J connectivity index is 0. The molecule has 0 aromatic carbocycles. The van der Waals surface area contributed by atoms with E-state index in [0.29, 0.717) is 0 Å². The maximum atomic E-state index is 5.06. The first-order chi connectivity index (χ1) is 10.6. The molecule has 0 saturated heterocycles. The maximum absolute atomic E-state index is 5.06. The number of guanidine groups is 1. The zero-order valence-electron chi connectivity index (χ0n) is 14.2. The molecule has 0 aliphatic rings. The Morgan fingerprint density at radius 2 is 1.48 bits per heavy atom. The van der Waals surface area contributed by atoms with Crippen LogP contribution in [0.5, 0.6) is 0 Å². The van der Waals surface area contributed by atoms with Crippen LogP contribution in [0.2, 0.25) is 0 Å². The summed E-state index contributed by atoms with van der Waals surface area (Å²) >= 11 is 0. The van der Waals surface area contributed by atoms with Crippen molar-refractivity contribution in [2.24, 2.45) is 16.5 Å². The van der Waals surface area contributed by atoms with Crippen LogP contribution in [0.15, 0.2) is 30.0 Å². The van der Waals surface area contributed by atoms with E-state index in [9.17, 15) is 0 Å². The van der Waals surface area contributed by atoms with Gasteiger partial charge >= 0.3 is 0 Å². The Morgan fingerprint density at radius 1 is 1.00 bits per heavy atom. The van der Waals surface area contributed by atoms with Gasteiger partial charge in [-0.25, -0.2) is 9.97 Å². The van der Waals surface area contributed by atoms with E-state index in [-0.39, 0.29) is 23.0 Å². The first kappa shape index (κ1) is 23.5. The van der Waals surface area contributed by atoms with Gasteiger partial charge in [0.2, 0.25) is 0 Å². The molecule has 0 amide bonds. The van der Waals surface area contributed by atoms with Gasteiger partial charge in [0.25, 0.3) is 0 Å². The number of imidazole rings is 2. The maximum Gasteiger partial charge on any atom is 0.185 e. The van der Waals surface area contributed by atoms with Crippen molar-refractivity contribution in [1.82, 2.24) is 19.9 Å². The number of hydrogen-bond donors (Lipinski definition) is 4. The van der Waals surface area contributed by atoms with Crippen molar-refractivity contribution < 1.29 is 17.1 Å². The van der Waals surface area contributed by atoms with Crippen LogP contribution in [0.1, 0.15) is 45.0 Å². The summed E-state index contributed by atoms with van der Waals surface area (Å²) in [5.74, 6) is 0.193. The summed E-state index contributed by atoms with van der Waals surface area (Å²) in [4.78, 5) is 17.4. The molecule has 0 aliphatic carbocycles. The molecule has 2 heterocycles. The monoisotopic (exact) mass is 363 g/mol. The number of aliphatic imine (C=N–C) groups is 1. The minimum atomic E-state index is 0. The Hall–Kier alpha value is -1.79. The molecule has 0 unspecified atom stereocenters. The van der Waals surface area contributed by atoms with Crippen molar-refractivity contribution in [3.63, 3.8) is 0 Å². The molecule has 2 aromatic heterocycles. The zero-order valence-corrected chi connectivity index (χ0v) is 15.3. The molecule has 0 fully saturated rings. The minimum Gasteiger partial charge on any atom is -0.370 e. The Labute approximate surface area is 149 Å². The van der Waals surface area contributed by atoms with Crippen LogP contribution >= 0.6 is 0 Å². The van der Waals surface area contributed by atoms with E-state index < -0.39 is 0 Å². The number of nitrogens with one attached hydrogen (secondary N) is 2. The molecule has 0 radical (unpaired) electrons. The summed E-state index contributed by atoms with van der Waals surface area (Å²) in [6.07, 6.45) is 11.3. The number of H-pyrrole nitrogens is 2. The van der Waals surface area contributed by atoms with E-state index in [1.54, 1.807) is 12.7 Å². The standard InChI is InChI=1S/C5H13N3.2C5H8N2.Fe/c1-2-3-4-8-5(6)7;2*1-2-5-3-6-4-7-5;/h2-4H2,1H3,(H4,6,7,8);2*3-4H,2H2,1H3,(H,6,7);. The average molecular weight is 363 g/mol. The molecule has 0 spiro atoms. The average Bonchev–Trinajstić information content (AvgIpc) is 3.21. The predicted octanol–water partition coefficient (Wildman–Crippen LogP) is 2.00. The predicted molar refractivity (Wildman–Crippen MR) is 91.5 cm³/mol. The van der Waals surface area contributed by atoms with Gasteiger partial charge in [0, 0.05) is 47.4 Å². The van der Waals surface area contributed by atoms with Crippen LogP contribution in [0.25, 0.3) is 0 Å². The van der Waals surface area contributed by atoms with E-state index in [1.165, 1.54) is 11.4 Å². The Kier molecular flexibility index (Phi) is 16.9. The minimum absolute atomic E-state index is 0. The molecule has 7 nitrogen and oxygen atoms in total. The van der Waals surface area contributed by atoms with Gasteiger partial charge in [-0.2, -0.15) is 0 Å². The first-order valence-corrected chi connectivity index (χ1v) is 7.63. The van der Waals surface area contributed by atoms with Gasteiger partial charge in [0.1, 0.15) is 0 Å². The largest absolute Gasteiger partial charge is 0.370 e. The van der Waals surface area contributed by atoms with E-state index >= 15 is 0 Å². The number of nitrogens with two attached hydrogens (primary N) is 2. The van der Waals surface area contributed by atoms with Crippen LogP contribution < -0.4 is 11.5 Å². The molecule has 0 atom stereocenters. The fourth-order valence-corrected chi connectivity index (χ4v) is 1.32. The van der Waals surface area contributed by atoms with E-state index in [0.717, 1.165) is 32.2 Å². The van der Waals surface area contributed by atoms with Gasteiger partial charge in [-0.3, -0.25) is 4.99 Å². The SMILES string of the molecule is CCCCN=C(N)N.CCc1cnc[nH]1.CCc1cnc[nH]1.[Fe]. The topological polar surface area (TPSA) is 122 Å². The molecule has 0 saturated carbocycles.